The number of carbonyl (C=O) groups is 2. The van der Waals surface area contributed by atoms with Gasteiger partial charge in [0.2, 0.25) is 0 Å². The number of halogens is 1. The number of ether oxygens (including phenoxy) is 2. The zero-order chi connectivity index (χ0) is 30.9. The van der Waals surface area contributed by atoms with Crippen molar-refractivity contribution < 1.29 is 24.2 Å². The summed E-state index contributed by atoms with van der Waals surface area (Å²) in [6.07, 6.45) is 4.33. The fraction of sp³-hybridized carbons (Fsp3) is 0.265. The van der Waals surface area contributed by atoms with Crippen molar-refractivity contribution in [2.45, 2.75) is 32.4 Å². The van der Waals surface area contributed by atoms with Gasteiger partial charge in [0.1, 0.15) is 18.1 Å². The molecule has 8 nitrogen and oxygen atoms in total. The van der Waals surface area contributed by atoms with Gasteiger partial charge in [0, 0.05) is 23.6 Å². The highest BCUT2D eigenvalue weighted by atomic mass is 35.5. The molecule has 0 aliphatic carbocycles. The smallest absolute Gasteiger partial charge is 0.338 e. The van der Waals surface area contributed by atoms with Gasteiger partial charge in [-0.3, -0.25) is 4.79 Å². The van der Waals surface area contributed by atoms with E-state index in [4.69, 9.17) is 26.8 Å². The molecular weight excluding hydrogens is 566 g/mol. The predicted molar refractivity (Wildman–Crippen MR) is 170 cm³/mol. The molecule has 0 aliphatic rings. The Morgan fingerprint density at radius 2 is 1.65 bits per heavy atom. The number of nitrogens with zero attached hydrogens (tertiary/aromatic N) is 1. The van der Waals surface area contributed by atoms with Crippen LogP contribution in [0.15, 0.2) is 72.8 Å². The molecule has 2 atom stereocenters. The first-order valence-electron chi connectivity index (χ1n) is 14.0. The molecule has 1 heterocycles. The number of aromatic hydroxyl groups is 1. The molecule has 0 saturated heterocycles. The minimum absolute atomic E-state index is 0.0422. The Morgan fingerprint density at radius 3 is 2.33 bits per heavy atom. The highest BCUT2D eigenvalue weighted by Crippen LogP contribution is 2.23. The Hall–Kier alpha value is -4.24. The lowest BCUT2D eigenvalue weighted by Crippen LogP contribution is -2.40. The lowest BCUT2D eigenvalue weighted by molar-refractivity contribution is 0.0465. The Bertz CT molecular complexity index is 1590. The number of hydrogen-bond donors (Lipinski definition) is 3. The van der Waals surface area contributed by atoms with Crippen LogP contribution in [0.4, 0.5) is 0 Å². The van der Waals surface area contributed by atoms with E-state index in [0.29, 0.717) is 22.3 Å². The predicted octanol–water partition coefficient (Wildman–Crippen LogP) is 5.89. The van der Waals surface area contributed by atoms with Crippen LogP contribution >= 0.6 is 11.6 Å². The molecule has 0 saturated carbocycles. The molecule has 1 amide bonds. The average Bonchev–Trinajstić information content (AvgIpc) is 2.99. The summed E-state index contributed by atoms with van der Waals surface area (Å²) in [4.78, 5) is 31.4. The molecular formula is C34H36ClN3O5. The molecule has 4 aromatic rings. The summed E-state index contributed by atoms with van der Waals surface area (Å²) >= 11 is 6.00. The third-order valence-electron chi connectivity index (χ3n) is 7.01. The van der Waals surface area contributed by atoms with Crippen molar-refractivity contribution in [3.63, 3.8) is 0 Å². The molecule has 4 N–H and O–H groups in total. The van der Waals surface area contributed by atoms with Crippen molar-refractivity contribution in [1.29, 1.82) is 0 Å². The fourth-order valence-corrected chi connectivity index (χ4v) is 4.50. The Kier molecular flexibility index (Phi) is 10.9. The number of phenolic OH excluding ortho intramolecular Hbond substituents is 1. The van der Waals surface area contributed by atoms with Gasteiger partial charge in [-0.15, -0.1) is 0 Å². The van der Waals surface area contributed by atoms with Crippen LogP contribution < -0.4 is 11.1 Å². The lowest BCUT2D eigenvalue weighted by Gasteiger charge is -2.19. The summed E-state index contributed by atoms with van der Waals surface area (Å²) in [7, 11) is 1.55. The van der Waals surface area contributed by atoms with Crippen molar-refractivity contribution in [3.05, 3.63) is 106 Å². The third kappa shape index (κ3) is 8.88. The van der Waals surface area contributed by atoms with E-state index in [-0.39, 0.29) is 48.2 Å². The van der Waals surface area contributed by atoms with Gasteiger partial charge in [-0.2, -0.15) is 0 Å². The van der Waals surface area contributed by atoms with Crippen LogP contribution in [0.3, 0.4) is 0 Å². The number of aromatic nitrogens is 1. The zero-order valence-electron chi connectivity index (χ0n) is 24.4. The molecule has 0 bridgehead atoms. The molecule has 4 rings (SSSR count). The van der Waals surface area contributed by atoms with E-state index in [1.54, 1.807) is 37.4 Å². The first-order chi connectivity index (χ1) is 20.6. The van der Waals surface area contributed by atoms with E-state index in [1.807, 2.05) is 62.4 Å². The highest BCUT2D eigenvalue weighted by Gasteiger charge is 2.21. The number of esters is 1. The molecule has 0 radical (unpaired) electrons. The second-order valence-electron chi connectivity index (χ2n) is 10.7. The number of carbonyl (C=O) groups excluding carboxylic acids is 2. The van der Waals surface area contributed by atoms with E-state index < -0.39 is 11.9 Å². The van der Waals surface area contributed by atoms with E-state index >= 15 is 0 Å². The molecule has 224 valence electrons. The summed E-state index contributed by atoms with van der Waals surface area (Å²) in [5, 5.41) is 13.8. The van der Waals surface area contributed by atoms with Crippen molar-refractivity contribution in [1.82, 2.24) is 10.3 Å². The number of pyridine rings is 1. The molecule has 0 fully saturated rings. The quantitative estimate of drug-likeness (QED) is 0.137. The maximum Gasteiger partial charge on any atom is 0.338 e. The highest BCUT2D eigenvalue weighted by molar-refractivity contribution is 6.30. The number of amides is 1. The SMILES string of the molecule is COC[C@H](Cc1ccc(O)cc1)NC(=O)c1cc(C(=O)OC[C@@H](N)C(C)C)c2cc(C=Cc3ccc(Cl)cc3)ccc2n1. The Morgan fingerprint density at radius 1 is 0.977 bits per heavy atom. The second-order valence-corrected chi connectivity index (χ2v) is 11.2. The minimum Gasteiger partial charge on any atom is -0.508 e. The Balaban J connectivity index is 1.65. The van der Waals surface area contributed by atoms with Crippen LogP contribution in [0, 0.1) is 5.92 Å². The lowest BCUT2D eigenvalue weighted by atomic mass is 10.0. The second kappa shape index (κ2) is 14.8. The zero-order valence-corrected chi connectivity index (χ0v) is 25.2. The number of benzene rings is 3. The molecule has 0 spiro atoms. The summed E-state index contributed by atoms with van der Waals surface area (Å²) in [6.45, 7) is 4.21. The number of rotatable bonds is 12. The van der Waals surface area contributed by atoms with E-state index in [0.717, 1.165) is 16.7 Å². The average molecular weight is 602 g/mol. The topological polar surface area (TPSA) is 124 Å². The normalized spacial score (nSPS) is 12.9. The molecule has 43 heavy (non-hydrogen) atoms. The largest absolute Gasteiger partial charge is 0.508 e. The molecule has 3 aromatic carbocycles. The summed E-state index contributed by atoms with van der Waals surface area (Å²) in [5.41, 5.74) is 9.60. The van der Waals surface area contributed by atoms with Crippen molar-refractivity contribution in [2.24, 2.45) is 11.7 Å². The number of nitrogens with two attached hydrogens (primary N) is 1. The van der Waals surface area contributed by atoms with Crippen LogP contribution in [0.5, 0.6) is 5.75 Å². The fourth-order valence-electron chi connectivity index (χ4n) is 4.37. The molecule has 0 aliphatic heterocycles. The summed E-state index contributed by atoms with van der Waals surface area (Å²) in [6, 6.07) is 20.4. The van der Waals surface area contributed by atoms with Gasteiger partial charge in [0.25, 0.3) is 5.91 Å². The van der Waals surface area contributed by atoms with Crippen LogP contribution in [0.1, 0.15) is 51.4 Å². The maximum absolute atomic E-state index is 13.4. The number of nitrogens with one attached hydrogen (secondary N) is 1. The third-order valence-corrected chi connectivity index (χ3v) is 7.26. The number of methoxy groups -OCH3 is 1. The summed E-state index contributed by atoms with van der Waals surface area (Å²) in [5.74, 6) is -0.760. The van der Waals surface area contributed by atoms with Crippen LogP contribution in [-0.2, 0) is 15.9 Å². The van der Waals surface area contributed by atoms with Crippen LogP contribution in [0.2, 0.25) is 5.02 Å². The molecule has 1 aromatic heterocycles. The van der Waals surface area contributed by atoms with Gasteiger partial charge in [0.05, 0.1) is 23.7 Å². The van der Waals surface area contributed by atoms with E-state index in [2.05, 4.69) is 10.3 Å². The maximum atomic E-state index is 13.4. The first-order valence-corrected chi connectivity index (χ1v) is 14.4. The minimum atomic E-state index is -0.589. The van der Waals surface area contributed by atoms with E-state index in [9.17, 15) is 14.7 Å². The van der Waals surface area contributed by atoms with Crippen molar-refractivity contribution in [2.75, 3.05) is 20.3 Å². The van der Waals surface area contributed by atoms with E-state index in [1.165, 1.54) is 6.07 Å². The van der Waals surface area contributed by atoms with Gasteiger partial charge < -0.3 is 25.6 Å². The van der Waals surface area contributed by atoms with Gasteiger partial charge >= 0.3 is 5.97 Å². The monoisotopic (exact) mass is 601 g/mol. The first kappa shape index (κ1) is 31.7. The van der Waals surface area contributed by atoms with Gasteiger partial charge in [-0.25, -0.2) is 9.78 Å². The molecule has 9 heteroatoms. The standard InChI is InChI=1S/C34H36ClN3O5/c1-21(2)30(36)20-43-34(41)29-18-32(33(40)37-26(19-42-3)16-23-8-13-27(39)14-9-23)38-31-15-10-24(17-28(29)31)5-4-22-6-11-25(35)12-7-22/h4-15,17-18,21,26,30,39H,16,19-20,36H2,1-3H3,(H,37,40)/t26-,30+/m0/s1. The van der Waals surface area contributed by atoms with Gasteiger partial charge in [-0.05, 0) is 71.5 Å². The summed E-state index contributed by atoms with van der Waals surface area (Å²) < 4.78 is 10.9. The van der Waals surface area contributed by atoms with Crippen LogP contribution in [0.25, 0.3) is 23.1 Å². The van der Waals surface area contributed by atoms with Gasteiger partial charge in [-0.1, -0.05) is 67.9 Å². The van der Waals surface area contributed by atoms with Crippen LogP contribution in [-0.4, -0.2) is 54.4 Å². The Labute approximate surface area is 256 Å². The van der Waals surface area contributed by atoms with Crippen molar-refractivity contribution >= 4 is 46.5 Å². The van der Waals surface area contributed by atoms with Gasteiger partial charge in [0.15, 0.2) is 0 Å². The number of fused-ring (bicyclic) bond motifs is 1. The number of phenols is 1. The molecule has 0 unspecified atom stereocenters. The van der Waals surface area contributed by atoms with Crippen molar-refractivity contribution in [3.8, 4) is 5.75 Å². The number of hydrogen-bond acceptors (Lipinski definition) is 7.